The molecule has 1 atom stereocenters. The lowest BCUT2D eigenvalue weighted by atomic mass is 10.1. The van der Waals surface area contributed by atoms with Gasteiger partial charge in [-0.2, -0.15) is 0 Å². The summed E-state index contributed by atoms with van der Waals surface area (Å²) >= 11 is 0. The van der Waals surface area contributed by atoms with Crippen molar-refractivity contribution < 1.29 is 19.0 Å². The van der Waals surface area contributed by atoms with Crippen LogP contribution in [0.5, 0.6) is 17.2 Å². The monoisotopic (exact) mass is 304 g/mol. The maximum Gasteiger partial charge on any atom is 0.246 e. The second kappa shape index (κ2) is 6.27. The highest BCUT2D eigenvalue weighted by molar-refractivity contribution is 5.92. The molecule has 0 bridgehead atoms. The van der Waals surface area contributed by atoms with E-state index in [1.54, 1.807) is 24.2 Å². The Morgan fingerprint density at radius 1 is 1.41 bits per heavy atom. The molecule has 0 aromatic heterocycles. The van der Waals surface area contributed by atoms with Gasteiger partial charge in [-0.1, -0.05) is 0 Å². The van der Waals surface area contributed by atoms with Crippen LogP contribution in [0.4, 0.5) is 0 Å². The number of hydrogen-bond donors (Lipinski definition) is 1. The smallest absolute Gasteiger partial charge is 0.246 e. The predicted octanol–water partition coefficient (Wildman–Crippen LogP) is 1.04. The van der Waals surface area contributed by atoms with Crippen LogP contribution in [0.3, 0.4) is 0 Å². The van der Waals surface area contributed by atoms with Crippen LogP contribution < -0.4 is 19.9 Å². The number of methoxy groups -OCH3 is 1. The predicted molar refractivity (Wildman–Crippen MR) is 82.2 cm³/mol. The average molecular weight is 304 g/mol. The maximum absolute atomic E-state index is 12.1. The maximum atomic E-state index is 12.1. The molecule has 118 valence electrons. The first-order valence-electron chi connectivity index (χ1n) is 7.37. The van der Waals surface area contributed by atoms with E-state index in [2.05, 4.69) is 0 Å². The van der Waals surface area contributed by atoms with E-state index in [9.17, 15) is 4.79 Å². The summed E-state index contributed by atoms with van der Waals surface area (Å²) in [5, 5.41) is 0. The summed E-state index contributed by atoms with van der Waals surface area (Å²) < 4.78 is 16.5. The highest BCUT2D eigenvalue weighted by atomic mass is 16.6. The lowest BCUT2D eigenvalue weighted by molar-refractivity contribution is -0.124. The Kier molecular flexibility index (Phi) is 4.20. The Hall–Kier alpha value is -2.21. The number of amides is 1. The van der Waals surface area contributed by atoms with Crippen LogP contribution in [0.25, 0.3) is 6.08 Å². The minimum absolute atomic E-state index is 0.0261. The van der Waals surface area contributed by atoms with E-state index in [0.29, 0.717) is 37.0 Å². The molecule has 6 heteroatoms. The molecule has 1 saturated heterocycles. The number of likely N-dealkylation sites (tertiary alicyclic amines) is 1. The third-order valence-corrected chi connectivity index (χ3v) is 3.81. The number of ether oxygens (including phenoxy) is 3. The SMILES string of the molecule is COc1cc(/C=C/C(=O)N2CCC(N)C2)cc2c1OCCO2. The van der Waals surface area contributed by atoms with Crippen LogP contribution in [0.2, 0.25) is 0 Å². The summed E-state index contributed by atoms with van der Waals surface area (Å²) in [7, 11) is 1.58. The van der Waals surface area contributed by atoms with Crippen LogP contribution in [-0.4, -0.2) is 50.3 Å². The first-order valence-corrected chi connectivity index (χ1v) is 7.37. The Morgan fingerprint density at radius 3 is 2.95 bits per heavy atom. The molecule has 1 aromatic carbocycles. The van der Waals surface area contributed by atoms with Gasteiger partial charge in [0.2, 0.25) is 11.7 Å². The molecule has 0 radical (unpaired) electrons. The average Bonchev–Trinajstić information content (AvgIpc) is 2.98. The first kappa shape index (κ1) is 14.7. The van der Waals surface area contributed by atoms with Gasteiger partial charge in [-0.3, -0.25) is 4.79 Å². The zero-order chi connectivity index (χ0) is 15.5. The van der Waals surface area contributed by atoms with Gasteiger partial charge < -0.3 is 24.8 Å². The van der Waals surface area contributed by atoms with E-state index in [1.165, 1.54) is 0 Å². The lowest BCUT2D eigenvalue weighted by Gasteiger charge is -2.21. The molecule has 0 aliphatic carbocycles. The van der Waals surface area contributed by atoms with Crippen LogP contribution in [0.1, 0.15) is 12.0 Å². The fourth-order valence-corrected chi connectivity index (χ4v) is 2.65. The molecule has 2 aliphatic heterocycles. The number of hydrogen-bond acceptors (Lipinski definition) is 5. The summed E-state index contributed by atoms with van der Waals surface area (Å²) in [5.41, 5.74) is 6.65. The van der Waals surface area contributed by atoms with Crippen molar-refractivity contribution in [3.05, 3.63) is 23.8 Å². The number of fused-ring (bicyclic) bond motifs is 1. The van der Waals surface area contributed by atoms with Crippen molar-refractivity contribution in [2.75, 3.05) is 33.4 Å². The topological polar surface area (TPSA) is 74.0 Å². The van der Waals surface area contributed by atoms with E-state index in [1.807, 2.05) is 12.1 Å². The Morgan fingerprint density at radius 2 is 2.23 bits per heavy atom. The Balaban J connectivity index is 1.77. The van der Waals surface area contributed by atoms with Crippen LogP contribution in [0, 0.1) is 0 Å². The van der Waals surface area contributed by atoms with E-state index in [4.69, 9.17) is 19.9 Å². The summed E-state index contributed by atoms with van der Waals surface area (Å²) in [6, 6.07) is 3.76. The molecule has 1 aromatic rings. The molecular formula is C16H20N2O4. The molecule has 6 nitrogen and oxygen atoms in total. The largest absolute Gasteiger partial charge is 0.493 e. The zero-order valence-electron chi connectivity index (χ0n) is 12.6. The number of carbonyl (C=O) groups excluding carboxylic acids is 1. The summed E-state index contributed by atoms with van der Waals surface area (Å²) in [5.74, 6) is 1.83. The molecule has 3 rings (SSSR count). The van der Waals surface area contributed by atoms with Gasteiger partial charge in [-0.25, -0.2) is 0 Å². The van der Waals surface area contributed by atoms with Gasteiger partial charge in [0.25, 0.3) is 0 Å². The zero-order valence-corrected chi connectivity index (χ0v) is 12.6. The van der Waals surface area contributed by atoms with Crippen molar-refractivity contribution >= 4 is 12.0 Å². The lowest BCUT2D eigenvalue weighted by Crippen LogP contribution is -2.30. The fourth-order valence-electron chi connectivity index (χ4n) is 2.65. The highest BCUT2D eigenvalue weighted by Crippen LogP contribution is 2.40. The second-order valence-electron chi connectivity index (χ2n) is 5.41. The highest BCUT2D eigenvalue weighted by Gasteiger charge is 2.22. The van der Waals surface area contributed by atoms with Crippen molar-refractivity contribution in [3.8, 4) is 17.2 Å². The summed E-state index contributed by atoms with van der Waals surface area (Å²) in [6.45, 7) is 2.35. The van der Waals surface area contributed by atoms with Crippen molar-refractivity contribution in [2.24, 2.45) is 5.73 Å². The van der Waals surface area contributed by atoms with Gasteiger partial charge in [0.05, 0.1) is 7.11 Å². The van der Waals surface area contributed by atoms with Gasteiger partial charge in [0.1, 0.15) is 13.2 Å². The van der Waals surface area contributed by atoms with E-state index < -0.39 is 0 Å². The van der Waals surface area contributed by atoms with Gasteiger partial charge in [0, 0.05) is 25.2 Å². The van der Waals surface area contributed by atoms with Crippen LogP contribution >= 0.6 is 0 Å². The fraction of sp³-hybridized carbons (Fsp3) is 0.438. The molecule has 0 saturated carbocycles. The van der Waals surface area contributed by atoms with E-state index >= 15 is 0 Å². The number of nitrogens with two attached hydrogens (primary N) is 1. The molecular weight excluding hydrogens is 284 g/mol. The van der Waals surface area contributed by atoms with Crippen molar-refractivity contribution in [1.82, 2.24) is 4.90 Å². The molecule has 1 unspecified atom stereocenters. The molecule has 0 spiro atoms. The summed E-state index contributed by atoms with van der Waals surface area (Å²) in [4.78, 5) is 13.9. The molecule has 2 N–H and O–H groups in total. The summed E-state index contributed by atoms with van der Waals surface area (Å²) in [6.07, 6.45) is 4.17. The second-order valence-corrected chi connectivity index (χ2v) is 5.41. The minimum atomic E-state index is -0.0261. The standard InChI is InChI=1S/C16H20N2O4/c1-20-13-8-11(9-14-16(13)22-7-6-21-14)2-3-15(19)18-5-4-12(17)10-18/h2-3,8-9,12H,4-7,10,17H2,1H3/b3-2+. The third kappa shape index (κ3) is 3.01. The van der Waals surface area contributed by atoms with Crippen molar-refractivity contribution in [2.45, 2.75) is 12.5 Å². The van der Waals surface area contributed by atoms with Crippen LogP contribution in [0.15, 0.2) is 18.2 Å². The van der Waals surface area contributed by atoms with Crippen molar-refractivity contribution in [3.63, 3.8) is 0 Å². The normalized spacial score (nSPS) is 20.5. The van der Waals surface area contributed by atoms with Gasteiger partial charge >= 0.3 is 0 Å². The number of nitrogens with zero attached hydrogens (tertiary/aromatic N) is 1. The first-order chi connectivity index (χ1) is 10.7. The molecule has 2 heterocycles. The number of rotatable bonds is 3. The molecule has 1 fully saturated rings. The Labute approximate surface area is 129 Å². The molecule has 22 heavy (non-hydrogen) atoms. The van der Waals surface area contributed by atoms with Gasteiger partial charge in [-0.05, 0) is 30.2 Å². The van der Waals surface area contributed by atoms with Crippen LogP contribution in [-0.2, 0) is 4.79 Å². The quantitative estimate of drug-likeness (QED) is 0.845. The van der Waals surface area contributed by atoms with E-state index in [-0.39, 0.29) is 11.9 Å². The van der Waals surface area contributed by atoms with Crippen molar-refractivity contribution in [1.29, 1.82) is 0 Å². The van der Waals surface area contributed by atoms with Gasteiger partial charge in [0.15, 0.2) is 11.5 Å². The number of benzene rings is 1. The Bertz CT molecular complexity index is 583. The van der Waals surface area contributed by atoms with Gasteiger partial charge in [-0.15, -0.1) is 0 Å². The molecule has 1 amide bonds. The van der Waals surface area contributed by atoms with E-state index in [0.717, 1.165) is 18.5 Å². The number of carbonyl (C=O) groups is 1. The third-order valence-electron chi connectivity index (χ3n) is 3.81. The molecule has 2 aliphatic rings. The minimum Gasteiger partial charge on any atom is -0.493 e.